The largest absolute Gasteiger partial charge is 0.310 e. The summed E-state index contributed by atoms with van der Waals surface area (Å²) in [6, 6.07) is 0.529. The van der Waals surface area contributed by atoms with Gasteiger partial charge in [-0.2, -0.15) is 16.9 Å². The highest BCUT2D eigenvalue weighted by Gasteiger charge is 2.22. The van der Waals surface area contributed by atoms with Gasteiger partial charge in [0.25, 0.3) is 0 Å². The Hall–Kier alpha value is -0.480. The summed E-state index contributed by atoms with van der Waals surface area (Å²) >= 11 is 1.94. The van der Waals surface area contributed by atoms with E-state index in [-0.39, 0.29) is 0 Å². The first-order chi connectivity index (χ1) is 8.22. The van der Waals surface area contributed by atoms with E-state index in [9.17, 15) is 0 Å². The van der Waals surface area contributed by atoms with Gasteiger partial charge in [0.1, 0.15) is 0 Å². The SMILES string of the molecule is CSC(C)CCNC1CCCc2c1cnn2C. The second-order valence-electron chi connectivity index (χ2n) is 4.90. The average molecular weight is 253 g/mol. The summed E-state index contributed by atoms with van der Waals surface area (Å²) in [6.45, 7) is 3.41. The van der Waals surface area contributed by atoms with Crippen LogP contribution in [0.5, 0.6) is 0 Å². The predicted molar refractivity (Wildman–Crippen MR) is 74.5 cm³/mol. The van der Waals surface area contributed by atoms with E-state index in [0.29, 0.717) is 6.04 Å². The van der Waals surface area contributed by atoms with Crippen molar-refractivity contribution in [2.24, 2.45) is 7.05 Å². The quantitative estimate of drug-likeness (QED) is 0.874. The minimum Gasteiger partial charge on any atom is -0.310 e. The molecule has 0 bridgehead atoms. The Morgan fingerprint density at radius 2 is 2.47 bits per heavy atom. The molecule has 96 valence electrons. The summed E-state index contributed by atoms with van der Waals surface area (Å²) in [5.74, 6) is 0. The first kappa shape index (κ1) is 13.0. The zero-order valence-electron chi connectivity index (χ0n) is 11.1. The summed E-state index contributed by atoms with van der Waals surface area (Å²) in [5.41, 5.74) is 2.85. The van der Waals surface area contributed by atoms with Gasteiger partial charge in [0.15, 0.2) is 0 Å². The zero-order chi connectivity index (χ0) is 12.3. The summed E-state index contributed by atoms with van der Waals surface area (Å²) < 4.78 is 2.04. The summed E-state index contributed by atoms with van der Waals surface area (Å²) in [6.07, 6.45) is 9.20. The highest BCUT2D eigenvalue weighted by molar-refractivity contribution is 7.99. The van der Waals surface area contributed by atoms with Crippen LogP contribution in [0.1, 0.15) is 43.5 Å². The number of rotatable bonds is 5. The highest BCUT2D eigenvalue weighted by atomic mass is 32.2. The third-order valence-corrected chi connectivity index (χ3v) is 4.76. The molecule has 3 nitrogen and oxygen atoms in total. The van der Waals surface area contributed by atoms with E-state index in [1.807, 2.05) is 22.6 Å². The van der Waals surface area contributed by atoms with E-state index < -0.39 is 0 Å². The number of nitrogens with one attached hydrogen (secondary N) is 1. The number of hydrogen-bond donors (Lipinski definition) is 1. The first-order valence-corrected chi connectivity index (χ1v) is 7.78. The van der Waals surface area contributed by atoms with E-state index in [0.717, 1.165) is 11.8 Å². The van der Waals surface area contributed by atoms with E-state index in [1.54, 1.807) is 0 Å². The molecule has 0 spiro atoms. The molecule has 2 atom stereocenters. The maximum atomic E-state index is 4.38. The van der Waals surface area contributed by atoms with Gasteiger partial charge in [-0.3, -0.25) is 4.68 Å². The van der Waals surface area contributed by atoms with Crippen molar-refractivity contribution in [3.8, 4) is 0 Å². The molecule has 0 radical (unpaired) electrons. The Morgan fingerprint density at radius 3 is 3.24 bits per heavy atom. The van der Waals surface area contributed by atoms with Gasteiger partial charge >= 0.3 is 0 Å². The molecule has 1 aromatic rings. The van der Waals surface area contributed by atoms with Crippen molar-refractivity contribution < 1.29 is 0 Å². The van der Waals surface area contributed by atoms with Crippen LogP contribution >= 0.6 is 11.8 Å². The number of nitrogens with zero attached hydrogens (tertiary/aromatic N) is 2. The minimum atomic E-state index is 0.529. The van der Waals surface area contributed by atoms with Gasteiger partial charge < -0.3 is 5.32 Å². The Balaban J connectivity index is 1.90. The second kappa shape index (κ2) is 5.91. The monoisotopic (exact) mass is 253 g/mol. The molecule has 0 aromatic carbocycles. The van der Waals surface area contributed by atoms with Crippen LogP contribution in [0, 0.1) is 0 Å². The molecule has 0 amide bonds. The molecule has 1 aliphatic carbocycles. The lowest BCUT2D eigenvalue weighted by atomic mass is 9.93. The lowest BCUT2D eigenvalue weighted by Crippen LogP contribution is -2.27. The molecule has 1 N–H and O–H groups in total. The van der Waals surface area contributed by atoms with Crippen LogP contribution in [0.3, 0.4) is 0 Å². The van der Waals surface area contributed by atoms with Crippen molar-refractivity contribution in [3.05, 3.63) is 17.5 Å². The molecule has 2 unspecified atom stereocenters. The minimum absolute atomic E-state index is 0.529. The molecule has 0 saturated carbocycles. The van der Waals surface area contributed by atoms with Gasteiger partial charge in [0.05, 0.1) is 6.20 Å². The van der Waals surface area contributed by atoms with E-state index in [1.165, 1.54) is 36.9 Å². The molecule has 1 aliphatic rings. The van der Waals surface area contributed by atoms with Gasteiger partial charge in [-0.15, -0.1) is 0 Å². The number of fused-ring (bicyclic) bond motifs is 1. The average Bonchev–Trinajstić information content (AvgIpc) is 2.72. The molecule has 0 aliphatic heterocycles. The van der Waals surface area contributed by atoms with Crippen LogP contribution in [0.25, 0.3) is 0 Å². The Bertz CT molecular complexity index is 362. The molecule has 1 heterocycles. The number of thioether (sulfide) groups is 1. The molecule has 2 rings (SSSR count). The van der Waals surface area contributed by atoms with Crippen molar-refractivity contribution in [1.82, 2.24) is 15.1 Å². The van der Waals surface area contributed by atoms with E-state index >= 15 is 0 Å². The van der Waals surface area contributed by atoms with Gasteiger partial charge in [-0.05, 0) is 38.5 Å². The summed E-state index contributed by atoms with van der Waals surface area (Å²) in [5, 5.41) is 8.82. The van der Waals surface area contributed by atoms with Crippen LogP contribution in [0.15, 0.2) is 6.20 Å². The fourth-order valence-electron chi connectivity index (χ4n) is 2.50. The molecular weight excluding hydrogens is 230 g/mol. The van der Waals surface area contributed by atoms with E-state index in [2.05, 4.69) is 30.6 Å². The second-order valence-corrected chi connectivity index (χ2v) is 6.18. The lowest BCUT2D eigenvalue weighted by molar-refractivity contribution is 0.449. The number of aromatic nitrogens is 2. The van der Waals surface area contributed by atoms with Crippen molar-refractivity contribution in [1.29, 1.82) is 0 Å². The van der Waals surface area contributed by atoms with Crippen molar-refractivity contribution in [2.45, 2.75) is 43.9 Å². The fourth-order valence-corrected chi connectivity index (χ4v) is 2.85. The first-order valence-electron chi connectivity index (χ1n) is 6.49. The Labute approximate surface area is 108 Å². The van der Waals surface area contributed by atoms with Crippen molar-refractivity contribution >= 4 is 11.8 Å². The van der Waals surface area contributed by atoms with E-state index in [4.69, 9.17) is 0 Å². The molecule has 0 fully saturated rings. The predicted octanol–water partition coefficient (Wildman–Crippen LogP) is 2.53. The molecule has 0 saturated heterocycles. The molecule has 17 heavy (non-hydrogen) atoms. The van der Waals surface area contributed by atoms with Crippen LogP contribution in [0.2, 0.25) is 0 Å². The third-order valence-electron chi connectivity index (χ3n) is 3.72. The normalized spacial score (nSPS) is 21.2. The lowest BCUT2D eigenvalue weighted by Gasteiger charge is -2.24. The van der Waals surface area contributed by atoms with Crippen molar-refractivity contribution in [2.75, 3.05) is 12.8 Å². The van der Waals surface area contributed by atoms with Crippen LogP contribution in [0.4, 0.5) is 0 Å². The summed E-state index contributed by atoms with van der Waals surface area (Å²) in [7, 11) is 2.05. The van der Waals surface area contributed by atoms with Crippen LogP contribution < -0.4 is 5.32 Å². The molecular formula is C13H23N3S. The highest BCUT2D eigenvalue weighted by Crippen LogP contribution is 2.29. The van der Waals surface area contributed by atoms with Gasteiger partial charge in [0, 0.05) is 29.6 Å². The number of hydrogen-bond acceptors (Lipinski definition) is 3. The topological polar surface area (TPSA) is 29.9 Å². The van der Waals surface area contributed by atoms with Gasteiger partial charge in [-0.1, -0.05) is 6.92 Å². The zero-order valence-corrected chi connectivity index (χ0v) is 11.9. The smallest absolute Gasteiger partial charge is 0.0540 e. The van der Waals surface area contributed by atoms with Crippen LogP contribution in [-0.2, 0) is 13.5 Å². The van der Waals surface area contributed by atoms with Gasteiger partial charge in [-0.25, -0.2) is 0 Å². The Morgan fingerprint density at radius 1 is 1.65 bits per heavy atom. The molecule has 1 aromatic heterocycles. The van der Waals surface area contributed by atoms with Gasteiger partial charge in [0.2, 0.25) is 0 Å². The number of aryl methyl sites for hydroxylation is 1. The maximum absolute atomic E-state index is 4.38. The van der Waals surface area contributed by atoms with Crippen molar-refractivity contribution in [3.63, 3.8) is 0 Å². The standard InChI is InChI=1S/C13H23N3S/c1-10(17-3)7-8-14-12-5-4-6-13-11(12)9-15-16(13)2/h9-10,12,14H,4-8H2,1-3H3. The summed E-state index contributed by atoms with van der Waals surface area (Å²) in [4.78, 5) is 0. The van der Waals surface area contributed by atoms with Crippen LogP contribution in [-0.4, -0.2) is 27.8 Å². The molecule has 4 heteroatoms. The Kier molecular flexibility index (Phi) is 4.51. The maximum Gasteiger partial charge on any atom is 0.0540 e. The third kappa shape index (κ3) is 3.05. The fraction of sp³-hybridized carbons (Fsp3) is 0.769.